The van der Waals surface area contributed by atoms with Gasteiger partial charge in [-0.2, -0.15) is 0 Å². The summed E-state index contributed by atoms with van der Waals surface area (Å²) in [6.07, 6.45) is 3.80. The van der Waals surface area contributed by atoms with Crippen LogP contribution in [0.1, 0.15) is 54.0 Å². The van der Waals surface area contributed by atoms with Gasteiger partial charge in [0.2, 0.25) is 0 Å². The van der Waals surface area contributed by atoms with Crippen LogP contribution in [0.3, 0.4) is 0 Å². The fourth-order valence-electron chi connectivity index (χ4n) is 3.20. The van der Waals surface area contributed by atoms with Crippen LogP contribution in [0.5, 0.6) is 0 Å². The van der Waals surface area contributed by atoms with Crippen molar-refractivity contribution in [3.8, 4) is 0 Å². The predicted molar refractivity (Wildman–Crippen MR) is 86.2 cm³/mol. The highest BCUT2D eigenvalue weighted by Gasteiger charge is 2.27. The van der Waals surface area contributed by atoms with E-state index < -0.39 is 0 Å². The van der Waals surface area contributed by atoms with Crippen molar-refractivity contribution in [2.75, 3.05) is 7.11 Å². The summed E-state index contributed by atoms with van der Waals surface area (Å²) < 4.78 is 5.71. The summed E-state index contributed by atoms with van der Waals surface area (Å²) in [5.41, 5.74) is 10.4. The minimum Gasteiger partial charge on any atom is -0.375 e. The van der Waals surface area contributed by atoms with Crippen LogP contribution < -0.4 is 5.73 Å². The van der Waals surface area contributed by atoms with Gasteiger partial charge in [0.05, 0.1) is 6.04 Å². The Labute approximate surface area is 126 Å². The van der Waals surface area contributed by atoms with Crippen LogP contribution in [0.4, 0.5) is 0 Å². The summed E-state index contributed by atoms with van der Waals surface area (Å²) >= 11 is 0. The van der Waals surface area contributed by atoms with Crippen LogP contribution >= 0.6 is 0 Å². The number of hydrogen-bond acceptors (Lipinski definition) is 2. The van der Waals surface area contributed by atoms with Crippen molar-refractivity contribution in [3.63, 3.8) is 0 Å². The molecule has 0 spiro atoms. The molecule has 1 saturated carbocycles. The van der Waals surface area contributed by atoms with Gasteiger partial charge < -0.3 is 10.5 Å². The van der Waals surface area contributed by atoms with Gasteiger partial charge in [0.25, 0.3) is 0 Å². The molecule has 0 bridgehead atoms. The zero-order valence-electron chi connectivity index (χ0n) is 12.5. The first-order valence-corrected chi connectivity index (χ1v) is 7.73. The molecule has 0 aliphatic heterocycles. The van der Waals surface area contributed by atoms with Gasteiger partial charge in [-0.25, -0.2) is 0 Å². The van der Waals surface area contributed by atoms with Crippen molar-refractivity contribution in [1.82, 2.24) is 0 Å². The molecule has 2 N–H and O–H groups in total. The highest BCUT2D eigenvalue weighted by Crippen LogP contribution is 2.41. The number of ether oxygens (including phenoxy) is 1. The Hall–Kier alpha value is -1.64. The topological polar surface area (TPSA) is 35.2 Å². The van der Waals surface area contributed by atoms with Gasteiger partial charge in [0, 0.05) is 7.11 Å². The second-order valence-corrected chi connectivity index (χ2v) is 5.85. The lowest BCUT2D eigenvalue weighted by Crippen LogP contribution is -2.24. The molecule has 2 unspecified atom stereocenters. The second-order valence-electron chi connectivity index (χ2n) is 5.85. The first kappa shape index (κ1) is 14.3. The Balaban J connectivity index is 1.92. The van der Waals surface area contributed by atoms with Gasteiger partial charge >= 0.3 is 0 Å². The predicted octanol–water partition coefficient (Wildman–Crippen LogP) is 4.34. The van der Waals surface area contributed by atoms with Crippen LogP contribution in [0.2, 0.25) is 0 Å². The number of nitrogens with two attached hydrogens (primary N) is 1. The molecule has 2 aromatic carbocycles. The molecule has 110 valence electrons. The summed E-state index contributed by atoms with van der Waals surface area (Å²) in [6.45, 7) is 0. The van der Waals surface area contributed by atoms with E-state index in [-0.39, 0.29) is 12.1 Å². The molecular formula is C19H23NO. The van der Waals surface area contributed by atoms with Crippen molar-refractivity contribution >= 4 is 0 Å². The molecule has 0 amide bonds. The zero-order valence-corrected chi connectivity index (χ0v) is 12.5. The molecule has 3 rings (SSSR count). The highest BCUT2D eigenvalue weighted by atomic mass is 16.5. The lowest BCUT2D eigenvalue weighted by atomic mass is 9.76. The SMILES string of the molecule is COC(c1ccccc1)C(N)c1ccccc1C1CCC1. The van der Waals surface area contributed by atoms with E-state index in [1.165, 1.54) is 30.4 Å². The molecule has 21 heavy (non-hydrogen) atoms. The van der Waals surface area contributed by atoms with Gasteiger partial charge in [-0.05, 0) is 35.4 Å². The normalized spacial score (nSPS) is 18.0. The molecule has 1 aliphatic rings. The molecule has 1 fully saturated rings. The molecule has 2 heteroatoms. The molecule has 1 aliphatic carbocycles. The molecule has 2 nitrogen and oxygen atoms in total. The molecule has 0 radical (unpaired) electrons. The number of benzene rings is 2. The van der Waals surface area contributed by atoms with E-state index in [4.69, 9.17) is 10.5 Å². The number of methoxy groups -OCH3 is 1. The minimum atomic E-state index is -0.130. The number of rotatable bonds is 5. The lowest BCUT2D eigenvalue weighted by molar-refractivity contribution is 0.0797. The van der Waals surface area contributed by atoms with E-state index in [2.05, 4.69) is 36.4 Å². The zero-order chi connectivity index (χ0) is 14.7. The Morgan fingerprint density at radius 3 is 2.29 bits per heavy atom. The molecule has 0 saturated heterocycles. The monoisotopic (exact) mass is 281 g/mol. The summed E-state index contributed by atoms with van der Waals surface area (Å²) in [5.74, 6) is 0.681. The summed E-state index contributed by atoms with van der Waals surface area (Å²) in [6, 6.07) is 18.7. The van der Waals surface area contributed by atoms with Gasteiger partial charge in [-0.15, -0.1) is 0 Å². The van der Waals surface area contributed by atoms with E-state index in [0.717, 1.165) is 5.56 Å². The van der Waals surface area contributed by atoms with E-state index in [1.54, 1.807) is 7.11 Å². The van der Waals surface area contributed by atoms with E-state index in [9.17, 15) is 0 Å². The van der Waals surface area contributed by atoms with E-state index in [1.807, 2.05) is 18.2 Å². The minimum absolute atomic E-state index is 0.104. The largest absolute Gasteiger partial charge is 0.375 e. The molecule has 0 heterocycles. The van der Waals surface area contributed by atoms with Crippen molar-refractivity contribution < 1.29 is 4.74 Å². The average molecular weight is 281 g/mol. The maximum Gasteiger partial charge on any atom is 0.101 e. The Morgan fingerprint density at radius 1 is 1.00 bits per heavy atom. The van der Waals surface area contributed by atoms with Crippen molar-refractivity contribution in [3.05, 3.63) is 71.3 Å². The maximum absolute atomic E-state index is 6.57. The smallest absolute Gasteiger partial charge is 0.101 e. The molecule has 2 aromatic rings. The third-order valence-corrected chi connectivity index (χ3v) is 4.61. The van der Waals surface area contributed by atoms with Gasteiger partial charge in [-0.1, -0.05) is 61.0 Å². The standard InChI is InChI=1S/C19H23NO/c1-21-19(15-8-3-2-4-9-15)18(20)17-13-6-5-12-16(17)14-10-7-11-14/h2-6,8-9,12-14,18-19H,7,10-11,20H2,1H3. The van der Waals surface area contributed by atoms with Crippen LogP contribution in [0.15, 0.2) is 54.6 Å². The van der Waals surface area contributed by atoms with Crippen LogP contribution in [0.25, 0.3) is 0 Å². The van der Waals surface area contributed by atoms with Crippen molar-refractivity contribution in [2.24, 2.45) is 5.73 Å². The van der Waals surface area contributed by atoms with Gasteiger partial charge in [-0.3, -0.25) is 0 Å². The Bertz CT molecular complexity index is 577. The summed E-state index contributed by atoms with van der Waals surface area (Å²) in [7, 11) is 1.74. The first-order chi connectivity index (χ1) is 10.3. The van der Waals surface area contributed by atoms with Gasteiger partial charge in [0.15, 0.2) is 0 Å². The molecular weight excluding hydrogens is 258 g/mol. The van der Waals surface area contributed by atoms with E-state index in [0.29, 0.717) is 5.92 Å². The van der Waals surface area contributed by atoms with Crippen LogP contribution in [-0.2, 0) is 4.74 Å². The fourth-order valence-corrected chi connectivity index (χ4v) is 3.20. The Kier molecular flexibility index (Phi) is 4.37. The average Bonchev–Trinajstić information content (AvgIpc) is 2.48. The third-order valence-electron chi connectivity index (χ3n) is 4.61. The highest BCUT2D eigenvalue weighted by molar-refractivity contribution is 5.36. The van der Waals surface area contributed by atoms with Crippen molar-refractivity contribution in [1.29, 1.82) is 0 Å². The third kappa shape index (κ3) is 2.87. The van der Waals surface area contributed by atoms with E-state index >= 15 is 0 Å². The fraction of sp³-hybridized carbons (Fsp3) is 0.368. The number of hydrogen-bond donors (Lipinski definition) is 1. The summed E-state index contributed by atoms with van der Waals surface area (Å²) in [5, 5.41) is 0. The quantitative estimate of drug-likeness (QED) is 0.884. The second kappa shape index (κ2) is 6.42. The lowest BCUT2D eigenvalue weighted by Gasteiger charge is -2.31. The van der Waals surface area contributed by atoms with Crippen LogP contribution in [0, 0.1) is 0 Å². The maximum atomic E-state index is 6.57. The van der Waals surface area contributed by atoms with Gasteiger partial charge in [0.1, 0.15) is 6.10 Å². The summed E-state index contributed by atoms with van der Waals surface area (Å²) in [4.78, 5) is 0. The molecule has 2 atom stereocenters. The van der Waals surface area contributed by atoms with Crippen LogP contribution in [-0.4, -0.2) is 7.11 Å². The first-order valence-electron chi connectivity index (χ1n) is 7.73. The van der Waals surface area contributed by atoms with Crippen molar-refractivity contribution in [2.45, 2.75) is 37.3 Å². The molecule has 0 aromatic heterocycles. The Morgan fingerprint density at radius 2 is 1.67 bits per heavy atom.